The summed E-state index contributed by atoms with van der Waals surface area (Å²) in [5.74, 6) is -0.445. The first-order valence-corrected chi connectivity index (χ1v) is 7.74. The van der Waals surface area contributed by atoms with Crippen molar-refractivity contribution in [3.63, 3.8) is 0 Å². The van der Waals surface area contributed by atoms with Crippen LogP contribution in [0, 0.1) is 0 Å². The first-order valence-electron chi connectivity index (χ1n) is 6.86. The van der Waals surface area contributed by atoms with Crippen LogP contribution in [0.2, 0.25) is 0 Å². The fraction of sp³-hybridized carbons (Fsp3) is 0.571. The zero-order valence-electron chi connectivity index (χ0n) is 12.1. The molecular formula is C14H21NO5S. The lowest BCUT2D eigenvalue weighted by Gasteiger charge is -2.21. The normalized spacial score (nSPS) is 10.4. The molecule has 118 valence electrons. The van der Waals surface area contributed by atoms with Crippen LogP contribution < -0.4 is 0 Å². The zero-order chi connectivity index (χ0) is 15.5. The van der Waals surface area contributed by atoms with E-state index in [1.807, 2.05) is 11.4 Å². The first kappa shape index (κ1) is 17.6. The van der Waals surface area contributed by atoms with Crippen molar-refractivity contribution < 1.29 is 24.2 Å². The van der Waals surface area contributed by atoms with Gasteiger partial charge in [0.15, 0.2) is 0 Å². The van der Waals surface area contributed by atoms with Gasteiger partial charge in [-0.3, -0.25) is 9.59 Å². The van der Waals surface area contributed by atoms with Crippen LogP contribution in [0.3, 0.4) is 0 Å². The van der Waals surface area contributed by atoms with Crippen molar-refractivity contribution in [2.24, 2.45) is 0 Å². The van der Waals surface area contributed by atoms with E-state index >= 15 is 0 Å². The molecule has 1 N–H and O–H groups in total. The standard InChI is InChI=1S/C14H21NO5S/c1-2-20-13(17)5-6-15(7-9-19-10-8-16)14(18)12-4-3-11-21-12/h3-4,11,16H,2,5-10H2,1H3. The van der Waals surface area contributed by atoms with Gasteiger partial charge in [-0.05, 0) is 18.4 Å². The van der Waals surface area contributed by atoms with Crippen molar-refractivity contribution in [3.8, 4) is 0 Å². The predicted molar refractivity (Wildman–Crippen MR) is 79.4 cm³/mol. The molecule has 0 unspecified atom stereocenters. The van der Waals surface area contributed by atoms with Gasteiger partial charge in [0.05, 0.1) is 37.7 Å². The maximum absolute atomic E-state index is 12.3. The van der Waals surface area contributed by atoms with Crippen LogP contribution in [-0.2, 0) is 14.3 Å². The Hall–Kier alpha value is -1.44. The highest BCUT2D eigenvalue weighted by molar-refractivity contribution is 7.12. The number of carbonyl (C=O) groups is 2. The lowest BCUT2D eigenvalue weighted by molar-refractivity contribution is -0.143. The van der Waals surface area contributed by atoms with Crippen LogP contribution >= 0.6 is 11.3 Å². The van der Waals surface area contributed by atoms with Gasteiger partial charge in [0.2, 0.25) is 0 Å². The molecule has 0 saturated heterocycles. The molecule has 0 radical (unpaired) electrons. The summed E-state index contributed by atoms with van der Waals surface area (Å²) in [5.41, 5.74) is 0. The summed E-state index contributed by atoms with van der Waals surface area (Å²) in [6, 6.07) is 3.56. The average Bonchev–Trinajstić information content (AvgIpc) is 3.00. The minimum atomic E-state index is -0.322. The highest BCUT2D eigenvalue weighted by atomic mass is 32.1. The number of aliphatic hydroxyl groups excluding tert-OH is 1. The Balaban J connectivity index is 2.52. The maximum atomic E-state index is 12.3. The first-order chi connectivity index (χ1) is 10.2. The molecule has 1 heterocycles. The summed E-state index contributed by atoms with van der Waals surface area (Å²) in [6.45, 7) is 3.24. The Labute approximate surface area is 128 Å². The molecule has 0 fully saturated rings. The van der Waals surface area contributed by atoms with Crippen molar-refractivity contribution in [3.05, 3.63) is 22.4 Å². The van der Waals surface area contributed by atoms with Gasteiger partial charge in [0.1, 0.15) is 0 Å². The monoisotopic (exact) mass is 315 g/mol. The molecule has 0 aliphatic carbocycles. The molecule has 0 saturated carbocycles. The van der Waals surface area contributed by atoms with E-state index in [9.17, 15) is 9.59 Å². The second-order valence-electron chi connectivity index (χ2n) is 4.16. The number of ether oxygens (including phenoxy) is 2. The van der Waals surface area contributed by atoms with E-state index in [0.29, 0.717) is 24.6 Å². The molecule has 6 nitrogen and oxygen atoms in total. The molecule has 1 aromatic rings. The van der Waals surface area contributed by atoms with Crippen LogP contribution in [-0.4, -0.2) is 61.4 Å². The maximum Gasteiger partial charge on any atom is 0.307 e. The average molecular weight is 315 g/mol. The van der Waals surface area contributed by atoms with E-state index in [-0.39, 0.29) is 38.1 Å². The minimum absolute atomic E-state index is 0.0539. The second-order valence-corrected chi connectivity index (χ2v) is 5.11. The van der Waals surface area contributed by atoms with Gasteiger partial charge in [0, 0.05) is 13.1 Å². The third kappa shape index (κ3) is 6.70. The topological polar surface area (TPSA) is 76.1 Å². The smallest absolute Gasteiger partial charge is 0.307 e. The Morgan fingerprint density at radius 3 is 2.76 bits per heavy atom. The number of hydrogen-bond acceptors (Lipinski definition) is 6. The number of hydrogen-bond donors (Lipinski definition) is 1. The van der Waals surface area contributed by atoms with Crippen LogP contribution in [0.25, 0.3) is 0 Å². The fourth-order valence-electron chi connectivity index (χ4n) is 1.67. The number of thiophene rings is 1. The molecule has 1 aromatic heterocycles. The number of carbonyl (C=O) groups excluding carboxylic acids is 2. The SMILES string of the molecule is CCOC(=O)CCN(CCOCCO)C(=O)c1cccs1. The lowest BCUT2D eigenvalue weighted by Crippen LogP contribution is -2.35. The molecule has 7 heteroatoms. The summed E-state index contributed by atoms with van der Waals surface area (Å²) >= 11 is 1.36. The van der Waals surface area contributed by atoms with E-state index in [4.69, 9.17) is 14.6 Å². The summed E-state index contributed by atoms with van der Waals surface area (Å²) in [5, 5.41) is 10.5. The number of aliphatic hydroxyl groups is 1. The molecule has 1 amide bonds. The Morgan fingerprint density at radius 1 is 1.33 bits per heavy atom. The van der Waals surface area contributed by atoms with Crippen molar-refractivity contribution in [1.82, 2.24) is 4.90 Å². The highest BCUT2D eigenvalue weighted by Crippen LogP contribution is 2.12. The molecule has 1 rings (SSSR count). The number of esters is 1. The van der Waals surface area contributed by atoms with Crippen LogP contribution in [0.1, 0.15) is 23.0 Å². The van der Waals surface area contributed by atoms with E-state index < -0.39 is 0 Å². The molecule has 0 atom stereocenters. The quantitative estimate of drug-likeness (QED) is 0.518. The van der Waals surface area contributed by atoms with Crippen molar-refractivity contribution in [2.75, 3.05) is 39.5 Å². The van der Waals surface area contributed by atoms with E-state index in [1.165, 1.54) is 11.3 Å². The van der Waals surface area contributed by atoms with Crippen molar-refractivity contribution >= 4 is 23.2 Å². The molecule has 0 aliphatic heterocycles. The second kappa shape index (κ2) is 10.3. The van der Waals surface area contributed by atoms with Gasteiger partial charge in [0.25, 0.3) is 5.91 Å². The van der Waals surface area contributed by atoms with Gasteiger partial charge in [-0.2, -0.15) is 0 Å². The summed E-state index contributed by atoms with van der Waals surface area (Å²) in [7, 11) is 0. The molecule has 21 heavy (non-hydrogen) atoms. The van der Waals surface area contributed by atoms with Gasteiger partial charge >= 0.3 is 5.97 Å². The summed E-state index contributed by atoms with van der Waals surface area (Å²) < 4.78 is 10.0. The van der Waals surface area contributed by atoms with Gasteiger partial charge in [-0.1, -0.05) is 6.07 Å². The minimum Gasteiger partial charge on any atom is -0.466 e. The molecular weight excluding hydrogens is 294 g/mol. The Morgan fingerprint density at radius 2 is 2.14 bits per heavy atom. The third-order valence-corrected chi connectivity index (χ3v) is 3.51. The molecule has 0 bridgehead atoms. The van der Waals surface area contributed by atoms with Gasteiger partial charge in [-0.15, -0.1) is 11.3 Å². The molecule has 0 spiro atoms. The highest BCUT2D eigenvalue weighted by Gasteiger charge is 2.17. The largest absolute Gasteiger partial charge is 0.466 e. The van der Waals surface area contributed by atoms with Crippen LogP contribution in [0.15, 0.2) is 17.5 Å². The van der Waals surface area contributed by atoms with E-state index in [1.54, 1.807) is 17.9 Å². The van der Waals surface area contributed by atoms with E-state index in [2.05, 4.69) is 0 Å². The van der Waals surface area contributed by atoms with Gasteiger partial charge in [-0.25, -0.2) is 0 Å². The van der Waals surface area contributed by atoms with Crippen LogP contribution in [0.5, 0.6) is 0 Å². The zero-order valence-corrected chi connectivity index (χ0v) is 12.9. The number of amides is 1. The number of rotatable bonds is 10. The number of nitrogens with zero attached hydrogens (tertiary/aromatic N) is 1. The lowest BCUT2D eigenvalue weighted by atomic mass is 10.3. The Kier molecular flexibility index (Phi) is 8.65. The van der Waals surface area contributed by atoms with Gasteiger partial charge < -0.3 is 19.5 Å². The van der Waals surface area contributed by atoms with Crippen molar-refractivity contribution in [2.45, 2.75) is 13.3 Å². The molecule has 0 aliphatic rings. The fourth-order valence-corrected chi connectivity index (χ4v) is 2.36. The van der Waals surface area contributed by atoms with Crippen molar-refractivity contribution in [1.29, 1.82) is 0 Å². The molecule has 0 aromatic carbocycles. The summed E-state index contributed by atoms with van der Waals surface area (Å²) in [6.07, 6.45) is 0.158. The van der Waals surface area contributed by atoms with E-state index in [0.717, 1.165) is 0 Å². The Bertz CT molecular complexity index is 421. The summed E-state index contributed by atoms with van der Waals surface area (Å²) in [4.78, 5) is 25.9. The predicted octanol–water partition coefficient (Wildman–Crippen LogP) is 1.15. The van der Waals surface area contributed by atoms with Crippen LogP contribution in [0.4, 0.5) is 0 Å². The third-order valence-electron chi connectivity index (χ3n) is 2.65.